The van der Waals surface area contributed by atoms with E-state index in [9.17, 15) is 14.7 Å². The van der Waals surface area contributed by atoms with E-state index in [2.05, 4.69) is 22.3 Å². The maximum Gasteiger partial charge on any atom is 0.330 e. The molecule has 0 radical (unpaired) electrons. The number of carboxylic acid groups (broad SMARTS) is 1. The van der Waals surface area contributed by atoms with Crippen molar-refractivity contribution < 1.29 is 23.8 Å². The van der Waals surface area contributed by atoms with Crippen molar-refractivity contribution in [2.24, 2.45) is 5.92 Å². The minimum atomic E-state index is -1.16. The highest BCUT2D eigenvalue weighted by Gasteiger charge is 2.33. The van der Waals surface area contributed by atoms with Crippen LogP contribution in [0.2, 0.25) is 10.0 Å². The van der Waals surface area contributed by atoms with E-state index in [0.29, 0.717) is 34.4 Å². The Morgan fingerprint density at radius 2 is 1.65 bits per heavy atom. The third-order valence-corrected chi connectivity index (χ3v) is 8.94. The van der Waals surface area contributed by atoms with E-state index in [0.717, 1.165) is 49.9 Å². The summed E-state index contributed by atoms with van der Waals surface area (Å²) < 4.78 is 21.4. The number of carboxylic acids is 1. The van der Waals surface area contributed by atoms with Crippen LogP contribution in [0.25, 0.3) is 0 Å². The van der Waals surface area contributed by atoms with E-state index < -0.39 is 23.7 Å². The number of carbonyl (C=O) groups excluding carboxylic acids is 1. The Kier molecular flexibility index (Phi) is 8.75. The molecule has 0 unspecified atom stereocenters. The number of aliphatic carboxylic acids is 1. The van der Waals surface area contributed by atoms with Gasteiger partial charge >= 0.3 is 5.97 Å². The van der Waals surface area contributed by atoms with Gasteiger partial charge in [-0.05, 0) is 104 Å². The first-order valence-electron chi connectivity index (χ1n) is 14.7. The lowest BCUT2D eigenvalue weighted by Crippen LogP contribution is -2.40. The summed E-state index contributed by atoms with van der Waals surface area (Å²) in [6, 6.07) is 17.7. The van der Waals surface area contributed by atoms with E-state index in [1.54, 1.807) is 18.2 Å². The molecule has 6 rings (SSSR count). The average molecular weight is 624 g/mol. The van der Waals surface area contributed by atoms with Gasteiger partial charge in [-0.3, -0.25) is 9.69 Å². The number of benzene rings is 3. The second-order valence-corrected chi connectivity index (χ2v) is 12.6. The second kappa shape index (κ2) is 12.7. The van der Waals surface area contributed by atoms with Crippen molar-refractivity contribution in [1.29, 1.82) is 0 Å². The Labute approximate surface area is 260 Å². The number of carbonyl (C=O) groups is 2. The van der Waals surface area contributed by atoms with Gasteiger partial charge in [0.05, 0.1) is 18.2 Å². The zero-order valence-corrected chi connectivity index (χ0v) is 25.1. The Balaban J connectivity index is 1.12. The minimum absolute atomic E-state index is 0.0189. The number of hydrogen-bond donors (Lipinski definition) is 2. The van der Waals surface area contributed by atoms with E-state index in [-0.39, 0.29) is 23.4 Å². The van der Waals surface area contributed by atoms with Crippen LogP contribution in [0, 0.1) is 11.7 Å². The summed E-state index contributed by atoms with van der Waals surface area (Å²) in [5, 5.41) is 13.1. The standard InChI is InChI=1S/C34H33Cl2FN2O4/c35-25-14-24(15-26(36)16-25)32(23-4-2-1-3-5-23)39-12-10-20(11-13-39)19-43-30-18-29(37)28(17-27(30)21-6-7-21)33(40)38-31(34(41)42)22-8-9-22/h1-5,8,14-18,20-21,31-32H,6-7,9-13,19H2,(H,38,40)(H,41,42)/t31-,32-/m0/s1. The highest BCUT2D eigenvalue weighted by atomic mass is 35.5. The van der Waals surface area contributed by atoms with Crippen LogP contribution in [0.1, 0.15) is 71.1 Å². The zero-order valence-electron chi connectivity index (χ0n) is 23.6. The number of nitrogens with one attached hydrogen (secondary N) is 1. The molecular weight excluding hydrogens is 590 g/mol. The SMILES string of the molecule is O=C(N[C@H](C(=O)O)C1=CC1)c1cc(C2CC2)c(OCC2CCN([C@@H](c3ccccc3)c3cc(Cl)cc(Cl)c3)CC2)cc1F. The normalized spacial score (nSPS) is 18.4. The summed E-state index contributed by atoms with van der Waals surface area (Å²) in [6.07, 6.45) is 5.99. The van der Waals surface area contributed by atoms with Gasteiger partial charge in [0, 0.05) is 16.1 Å². The van der Waals surface area contributed by atoms with Crippen molar-refractivity contribution in [3.8, 4) is 5.75 Å². The van der Waals surface area contributed by atoms with Gasteiger partial charge in [0.1, 0.15) is 17.6 Å². The molecule has 6 nitrogen and oxygen atoms in total. The molecule has 2 N–H and O–H groups in total. The first kappa shape index (κ1) is 29.7. The van der Waals surface area contributed by atoms with E-state index in [1.165, 1.54) is 11.6 Å². The van der Waals surface area contributed by atoms with Gasteiger partial charge < -0.3 is 15.2 Å². The number of likely N-dealkylation sites (tertiary alicyclic amines) is 1. The van der Waals surface area contributed by atoms with E-state index >= 15 is 4.39 Å². The second-order valence-electron chi connectivity index (χ2n) is 11.7. The van der Waals surface area contributed by atoms with Crippen molar-refractivity contribution >= 4 is 35.1 Å². The number of rotatable bonds is 11. The Bertz CT molecular complexity index is 1530. The summed E-state index contributed by atoms with van der Waals surface area (Å²) in [7, 11) is 0. The average Bonchev–Trinajstić information content (AvgIpc) is 3.90. The molecule has 2 aliphatic carbocycles. The van der Waals surface area contributed by atoms with Gasteiger partial charge in [-0.15, -0.1) is 0 Å². The van der Waals surface area contributed by atoms with Gasteiger partial charge in [0.2, 0.25) is 0 Å². The van der Waals surface area contributed by atoms with Crippen LogP contribution in [0.4, 0.5) is 4.39 Å². The summed E-state index contributed by atoms with van der Waals surface area (Å²) in [6.45, 7) is 2.15. The minimum Gasteiger partial charge on any atom is -0.493 e. The molecule has 1 heterocycles. The molecule has 3 aromatic carbocycles. The van der Waals surface area contributed by atoms with Crippen molar-refractivity contribution in [2.45, 2.75) is 50.1 Å². The predicted octanol–water partition coefficient (Wildman–Crippen LogP) is 7.40. The number of piperidine rings is 1. The number of hydrogen-bond acceptors (Lipinski definition) is 4. The van der Waals surface area contributed by atoms with Crippen LogP contribution < -0.4 is 10.1 Å². The molecule has 0 spiro atoms. The number of amides is 1. The summed E-state index contributed by atoms with van der Waals surface area (Å²) >= 11 is 12.8. The predicted molar refractivity (Wildman–Crippen MR) is 165 cm³/mol. The summed E-state index contributed by atoms with van der Waals surface area (Å²) in [5.41, 5.74) is 3.51. The summed E-state index contributed by atoms with van der Waals surface area (Å²) in [5.74, 6) is -1.64. The van der Waals surface area contributed by atoms with Crippen molar-refractivity contribution in [1.82, 2.24) is 10.2 Å². The maximum absolute atomic E-state index is 15.2. The molecule has 43 heavy (non-hydrogen) atoms. The van der Waals surface area contributed by atoms with Crippen LogP contribution in [0.3, 0.4) is 0 Å². The number of allylic oxidation sites excluding steroid dienone is 1. The fourth-order valence-electron chi connectivity index (χ4n) is 5.97. The van der Waals surface area contributed by atoms with Crippen molar-refractivity contribution in [3.05, 3.63) is 110 Å². The van der Waals surface area contributed by atoms with Crippen LogP contribution in [0.15, 0.2) is 72.3 Å². The Morgan fingerprint density at radius 1 is 0.977 bits per heavy atom. The van der Waals surface area contributed by atoms with Crippen LogP contribution in [-0.2, 0) is 4.79 Å². The zero-order chi connectivity index (χ0) is 30.1. The van der Waals surface area contributed by atoms with Gasteiger partial charge in [-0.2, -0.15) is 0 Å². The smallest absolute Gasteiger partial charge is 0.330 e. The lowest BCUT2D eigenvalue weighted by molar-refractivity contribution is -0.138. The first-order valence-corrected chi connectivity index (χ1v) is 15.5. The fraction of sp³-hybridized carbons (Fsp3) is 0.353. The van der Waals surface area contributed by atoms with Gasteiger partial charge in [0.15, 0.2) is 0 Å². The quantitative estimate of drug-likeness (QED) is 0.218. The largest absolute Gasteiger partial charge is 0.493 e. The molecule has 1 aliphatic heterocycles. The van der Waals surface area contributed by atoms with Crippen molar-refractivity contribution in [3.63, 3.8) is 0 Å². The molecule has 1 amide bonds. The maximum atomic E-state index is 15.2. The lowest BCUT2D eigenvalue weighted by Gasteiger charge is -2.38. The van der Waals surface area contributed by atoms with Gasteiger partial charge in [-0.25, -0.2) is 9.18 Å². The molecule has 224 valence electrons. The number of nitrogens with zero attached hydrogens (tertiary/aromatic N) is 1. The number of halogens is 3. The Morgan fingerprint density at radius 3 is 2.26 bits per heavy atom. The molecule has 3 aliphatic rings. The van der Waals surface area contributed by atoms with Gasteiger partial charge in [0.25, 0.3) is 5.91 Å². The molecule has 2 fully saturated rings. The molecule has 3 aromatic rings. The van der Waals surface area contributed by atoms with Crippen LogP contribution >= 0.6 is 23.2 Å². The summed E-state index contributed by atoms with van der Waals surface area (Å²) in [4.78, 5) is 26.8. The lowest BCUT2D eigenvalue weighted by atomic mass is 9.91. The van der Waals surface area contributed by atoms with Crippen LogP contribution in [-0.4, -0.2) is 47.6 Å². The molecule has 2 atom stereocenters. The monoisotopic (exact) mass is 622 g/mol. The molecule has 0 bridgehead atoms. The van der Waals surface area contributed by atoms with Crippen LogP contribution in [0.5, 0.6) is 5.75 Å². The van der Waals surface area contributed by atoms with Crippen molar-refractivity contribution in [2.75, 3.05) is 19.7 Å². The molecule has 1 saturated heterocycles. The number of ether oxygens (including phenoxy) is 1. The highest BCUT2D eigenvalue weighted by molar-refractivity contribution is 6.34. The van der Waals surface area contributed by atoms with Gasteiger partial charge in [-0.1, -0.05) is 59.6 Å². The first-order chi connectivity index (χ1) is 20.8. The third kappa shape index (κ3) is 7.06. The third-order valence-electron chi connectivity index (χ3n) is 8.50. The molecule has 1 saturated carbocycles. The van der Waals surface area contributed by atoms with E-state index in [4.69, 9.17) is 27.9 Å². The molecule has 9 heteroatoms. The Hall–Kier alpha value is -3.39. The highest BCUT2D eigenvalue weighted by Crippen LogP contribution is 2.45. The molecular formula is C34H33Cl2FN2O4. The fourth-order valence-corrected chi connectivity index (χ4v) is 6.51. The van der Waals surface area contributed by atoms with E-state index in [1.807, 2.05) is 30.3 Å². The molecule has 0 aromatic heterocycles. The topological polar surface area (TPSA) is 78.9 Å².